The van der Waals surface area contributed by atoms with E-state index in [1.807, 2.05) is 0 Å². The Kier molecular flexibility index (Phi) is 2.61. The van der Waals surface area contributed by atoms with Gasteiger partial charge in [0.05, 0.1) is 11.1 Å². The normalized spacial score (nSPS) is 12.1. The number of alkyl halides is 3. The number of aromatic nitrogens is 1. The van der Waals surface area contributed by atoms with Gasteiger partial charge in [0.25, 0.3) is 0 Å². The lowest BCUT2D eigenvalue weighted by atomic mass is 10.1. The lowest BCUT2D eigenvalue weighted by Crippen LogP contribution is -2.06. The summed E-state index contributed by atoms with van der Waals surface area (Å²) in [4.78, 5) is 3.84. The van der Waals surface area contributed by atoms with Gasteiger partial charge < -0.3 is 0 Å². The van der Waals surface area contributed by atoms with Crippen LogP contribution in [0.15, 0.2) is 28.9 Å². The monoisotopic (exact) mass is 293 g/mol. The molecule has 0 amide bonds. The molecule has 1 nitrogen and oxygen atoms in total. The Bertz CT molecular complexity index is 550. The van der Waals surface area contributed by atoms with Gasteiger partial charge in [-0.3, -0.25) is 0 Å². The summed E-state index contributed by atoms with van der Waals surface area (Å²) in [6, 6.07) is 3.95. The van der Waals surface area contributed by atoms with Crippen molar-refractivity contribution in [3.8, 4) is 0 Å². The molecule has 0 aliphatic heterocycles. The van der Waals surface area contributed by atoms with Gasteiger partial charge in [0.2, 0.25) is 0 Å². The van der Waals surface area contributed by atoms with E-state index in [0.717, 1.165) is 18.2 Å². The summed E-state index contributed by atoms with van der Waals surface area (Å²) < 4.78 is 50.9. The molecule has 16 heavy (non-hydrogen) atoms. The number of fused-ring (bicyclic) bond motifs is 1. The zero-order valence-electron chi connectivity index (χ0n) is 7.65. The highest BCUT2D eigenvalue weighted by molar-refractivity contribution is 9.10. The molecule has 0 fully saturated rings. The highest BCUT2D eigenvalue weighted by Crippen LogP contribution is 2.35. The van der Waals surface area contributed by atoms with Gasteiger partial charge in [0.1, 0.15) is 10.4 Å². The smallest absolute Gasteiger partial charge is 0.241 e. The molecule has 0 unspecified atom stereocenters. The lowest BCUT2D eigenvalue weighted by molar-refractivity contribution is -0.136. The fourth-order valence-electron chi connectivity index (χ4n) is 1.40. The Balaban J connectivity index is 2.85. The van der Waals surface area contributed by atoms with E-state index in [0.29, 0.717) is 0 Å². The molecule has 0 radical (unpaired) electrons. The van der Waals surface area contributed by atoms with Crippen LogP contribution in [0.2, 0.25) is 0 Å². The van der Waals surface area contributed by atoms with Crippen LogP contribution in [0.25, 0.3) is 10.9 Å². The summed E-state index contributed by atoms with van der Waals surface area (Å²) in [7, 11) is 0. The van der Waals surface area contributed by atoms with Crippen LogP contribution < -0.4 is 0 Å². The van der Waals surface area contributed by atoms with Crippen molar-refractivity contribution in [2.75, 3.05) is 0 Å². The fourth-order valence-corrected chi connectivity index (χ4v) is 1.82. The third-order valence-electron chi connectivity index (χ3n) is 2.04. The summed E-state index contributed by atoms with van der Waals surface area (Å²) in [5, 5.41) is -0.240. The van der Waals surface area contributed by atoms with Crippen molar-refractivity contribution < 1.29 is 17.6 Å². The van der Waals surface area contributed by atoms with Crippen molar-refractivity contribution >= 4 is 26.8 Å². The van der Waals surface area contributed by atoms with E-state index in [2.05, 4.69) is 20.9 Å². The number of benzene rings is 1. The Morgan fingerprint density at radius 3 is 2.44 bits per heavy atom. The van der Waals surface area contributed by atoms with Gasteiger partial charge >= 0.3 is 6.18 Å². The molecule has 2 rings (SSSR count). The molecule has 1 heterocycles. The molecule has 84 valence electrons. The molecular formula is C10H4BrF4N. The molecule has 0 saturated carbocycles. The molecule has 0 spiro atoms. The number of hydrogen-bond acceptors (Lipinski definition) is 1. The Morgan fingerprint density at radius 1 is 1.12 bits per heavy atom. The molecule has 1 aromatic heterocycles. The van der Waals surface area contributed by atoms with Gasteiger partial charge in [0.15, 0.2) is 0 Å². The molecule has 0 atom stereocenters. The second kappa shape index (κ2) is 3.69. The van der Waals surface area contributed by atoms with Crippen molar-refractivity contribution in [1.82, 2.24) is 4.98 Å². The number of halogens is 5. The number of rotatable bonds is 0. The van der Waals surface area contributed by atoms with Gasteiger partial charge in [-0.15, -0.1) is 0 Å². The van der Waals surface area contributed by atoms with Crippen LogP contribution in [0.4, 0.5) is 17.6 Å². The minimum atomic E-state index is -4.53. The van der Waals surface area contributed by atoms with Crippen molar-refractivity contribution in [3.63, 3.8) is 0 Å². The number of nitrogens with zero attached hydrogens (tertiary/aromatic N) is 1. The van der Waals surface area contributed by atoms with Gasteiger partial charge in [-0.05, 0) is 40.2 Å². The first-order chi connectivity index (χ1) is 7.38. The molecule has 1 aromatic carbocycles. The SMILES string of the molecule is Fc1ccc2nc(Br)cc(C(F)(F)F)c2c1. The number of hydrogen-bond donors (Lipinski definition) is 0. The average Bonchev–Trinajstić information content (AvgIpc) is 2.16. The molecule has 0 bridgehead atoms. The maximum absolute atomic E-state index is 12.9. The Morgan fingerprint density at radius 2 is 1.81 bits per heavy atom. The second-order valence-electron chi connectivity index (χ2n) is 3.15. The van der Waals surface area contributed by atoms with Crippen molar-refractivity contribution in [3.05, 3.63) is 40.2 Å². The molecule has 0 aliphatic rings. The third kappa shape index (κ3) is 2.02. The van der Waals surface area contributed by atoms with Gasteiger partial charge in [-0.1, -0.05) is 0 Å². The topological polar surface area (TPSA) is 12.9 Å². The summed E-state index contributed by atoms with van der Waals surface area (Å²) in [6.45, 7) is 0. The fraction of sp³-hybridized carbons (Fsp3) is 0.100. The highest BCUT2D eigenvalue weighted by atomic mass is 79.9. The summed E-state index contributed by atoms with van der Waals surface area (Å²) in [6.07, 6.45) is -4.53. The first kappa shape index (κ1) is 11.3. The summed E-state index contributed by atoms with van der Waals surface area (Å²) in [5.74, 6) is -0.720. The quantitative estimate of drug-likeness (QED) is 0.525. The van der Waals surface area contributed by atoms with E-state index in [-0.39, 0.29) is 15.5 Å². The third-order valence-corrected chi connectivity index (χ3v) is 2.45. The largest absolute Gasteiger partial charge is 0.417 e. The highest BCUT2D eigenvalue weighted by Gasteiger charge is 2.33. The zero-order valence-corrected chi connectivity index (χ0v) is 9.23. The van der Waals surface area contributed by atoms with Crippen LogP contribution in [0.1, 0.15) is 5.56 Å². The van der Waals surface area contributed by atoms with E-state index in [1.54, 1.807) is 0 Å². The van der Waals surface area contributed by atoms with E-state index < -0.39 is 17.6 Å². The van der Waals surface area contributed by atoms with E-state index in [4.69, 9.17) is 0 Å². The predicted molar refractivity (Wildman–Crippen MR) is 54.4 cm³/mol. The Labute approximate surface area is 96.2 Å². The molecule has 0 N–H and O–H groups in total. The van der Waals surface area contributed by atoms with Crippen LogP contribution in [-0.2, 0) is 6.18 Å². The molecule has 2 aromatic rings. The Hall–Kier alpha value is -1.17. The minimum absolute atomic E-state index is 0.0685. The van der Waals surface area contributed by atoms with Crippen molar-refractivity contribution in [2.45, 2.75) is 6.18 Å². The van der Waals surface area contributed by atoms with Crippen LogP contribution >= 0.6 is 15.9 Å². The van der Waals surface area contributed by atoms with Crippen molar-refractivity contribution in [2.24, 2.45) is 0 Å². The van der Waals surface area contributed by atoms with E-state index in [9.17, 15) is 17.6 Å². The van der Waals surface area contributed by atoms with E-state index >= 15 is 0 Å². The molecule has 0 saturated heterocycles. The first-order valence-electron chi connectivity index (χ1n) is 4.21. The standard InChI is InChI=1S/C10H4BrF4N/c11-9-4-7(10(13,14)15)6-3-5(12)1-2-8(6)16-9/h1-4H. The van der Waals surface area contributed by atoms with Gasteiger partial charge in [-0.2, -0.15) is 13.2 Å². The minimum Gasteiger partial charge on any atom is -0.241 e. The predicted octanol–water partition coefficient (Wildman–Crippen LogP) is 4.16. The molecule has 0 aliphatic carbocycles. The van der Waals surface area contributed by atoms with Gasteiger partial charge in [0, 0.05) is 5.39 Å². The zero-order chi connectivity index (χ0) is 11.9. The van der Waals surface area contributed by atoms with Crippen LogP contribution in [0, 0.1) is 5.82 Å². The first-order valence-corrected chi connectivity index (χ1v) is 5.00. The molecular weight excluding hydrogens is 290 g/mol. The van der Waals surface area contributed by atoms with Gasteiger partial charge in [-0.25, -0.2) is 9.37 Å². The number of pyridine rings is 1. The lowest BCUT2D eigenvalue weighted by Gasteiger charge is -2.10. The average molecular weight is 294 g/mol. The van der Waals surface area contributed by atoms with Crippen LogP contribution in [0.3, 0.4) is 0 Å². The maximum Gasteiger partial charge on any atom is 0.417 e. The molecule has 6 heteroatoms. The van der Waals surface area contributed by atoms with Crippen LogP contribution in [-0.4, -0.2) is 4.98 Å². The van der Waals surface area contributed by atoms with Crippen molar-refractivity contribution in [1.29, 1.82) is 0 Å². The second-order valence-corrected chi connectivity index (χ2v) is 3.96. The summed E-state index contributed by atoms with van der Waals surface area (Å²) >= 11 is 2.89. The maximum atomic E-state index is 12.9. The summed E-state index contributed by atoms with van der Waals surface area (Å²) in [5.41, 5.74) is -0.799. The van der Waals surface area contributed by atoms with E-state index in [1.165, 1.54) is 6.07 Å². The van der Waals surface area contributed by atoms with Crippen LogP contribution in [0.5, 0.6) is 0 Å².